The standard InChI is InChI=1S/C12H11F3N2O/c1-8(17-11(18)6-7-16)9-2-4-10(5-3-9)12(13,14)15/h2-5,8H,6H2,1H3,(H,17,18). The fourth-order valence-electron chi connectivity index (χ4n) is 1.41. The zero-order valence-electron chi connectivity index (χ0n) is 9.58. The van der Waals surface area contributed by atoms with Gasteiger partial charge in [-0.3, -0.25) is 4.79 Å². The van der Waals surface area contributed by atoms with E-state index in [1.54, 1.807) is 13.0 Å². The smallest absolute Gasteiger partial charge is 0.349 e. The molecule has 0 aliphatic heterocycles. The van der Waals surface area contributed by atoms with Crippen molar-refractivity contribution in [3.8, 4) is 6.07 Å². The number of hydrogen-bond donors (Lipinski definition) is 1. The summed E-state index contributed by atoms with van der Waals surface area (Å²) in [5.41, 5.74) is -0.184. The van der Waals surface area contributed by atoms with Gasteiger partial charge in [0, 0.05) is 0 Å². The van der Waals surface area contributed by atoms with E-state index in [0.717, 1.165) is 12.1 Å². The fraction of sp³-hybridized carbons (Fsp3) is 0.333. The molecule has 6 heteroatoms. The molecular formula is C12H11F3N2O. The predicted octanol–water partition coefficient (Wildman–Crippen LogP) is 2.80. The Morgan fingerprint density at radius 3 is 2.39 bits per heavy atom. The zero-order chi connectivity index (χ0) is 13.8. The summed E-state index contributed by atoms with van der Waals surface area (Å²) < 4.78 is 37.0. The average Bonchev–Trinajstić information content (AvgIpc) is 2.28. The van der Waals surface area contributed by atoms with Gasteiger partial charge in [0.25, 0.3) is 0 Å². The number of benzene rings is 1. The normalized spacial score (nSPS) is 12.6. The summed E-state index contributed by atoms with van der Waals surface area (Å²) in [5, 5.41) is 10.8. The molecule has 96 valence electrons. The third kappa shape index (κ3) is 3.77. The number of alkyl halides is 3. The van der Waals surface area contributed by atoms with Gasteiger partial charge in [-0.2, -0.15) is 18.4 Å². The maximum Gasteiger partial charge on any atom is 0.416 e. The van der Waals surface area contributed by atoms with Crippen molar-refractivity contribution < 1.29 is 18.0 Å². The van der Waals surface area contributed by atoms with Gasteiger partial charge in [0.2, 0.25) is 5.91 Å². The number of carbonyl (C=O) groups is 1. The minimum absolute atomic E-state index is 0.273. The molecule has 0 saturated carbocycles. The molecule has 3 nitrogen and oxygen atoms in total. The number of carbonyl (C=O) groups excluding carboxylic acids is 1. The van der Waals surface area contributed by atoms with Crippen LogP contribution in [0.5, 0.6) is 0 Å². The van der Waals surface area contributed by atoms with Crippen LogP contribution in [0.3, 0.4) is 0 Å². The molecule has 0 bridgehead atoms. The van der Waals surface area contributed by atoms with Crippen LogP contribution >= 0.6 is 0 Å². The molecule has 1 aromatic carbocycles. The van der Waals surface area contributed by atoms with Gasteiger partial charge in [0.15, 0.2) is 0 Å². The van der Waals surface area contributed by atoms with Gasteiger partial charge in [-0.1, -0.05) is 12.1 Å². The number of rotatable bonds is 3. The van der Waals surface area contributed by atoms with E-state index in [1.165, 1.54) is 12.1 Å². The molecule has 1 N–H and O–H groups in total. The number of nitriles is 1. The van der Waals surface area contributed by atoms with Crippen molar-refractivity contribution in [1.82, 2.24) is 5.32 Å². The second-order valence-electron chi connectivity index (χ2n) is 3.74. The van der Waals surface area contributed by atoms with Crippen molar-refractivity contribution in [3.05, 3.63) is 35.4 Å². The van der Waals surface area contributed by atoms with E-state index in [1.807, 2.05) is 0 Å². The van der Waals surface area contributed by atoms with Crippen LogP contribution in [0.1, 0.15) is 30.5 Å². The summed E-state index contributed by atoms with van der Waals surface area (Å²) in [6.07, 6.45) is -4.64. The summed E-state index contributed by atoms with van der Waals surface area (Å²) in [6.45, 7) is 1.64. The quantitative estimate of drug-likeness (QED) is 0.904. The Balaban J connectivity index is 2.74. The molecular weight excluding hydrogens is 245 g/mol. The Bertz CT molecular complexity index is 460. The largest absolute Gasteiger partial charge is 0.416 e. The summed E-state index contributed by atoms with van der Waals surface area (Å²) in [5.74, 6) is -0.454. The first-order valence-electron chi connectivity index (χ1n) is 5.18. The molecule has 1 rings (SSSR count). The maximum atomic E-state index is 12.3. The van der Waals surface area contributed by atoms with Crippen LogP contribution < -0.4 is 5.32 Å². The van der Waals surface area contributed by atoms with Crippen molar-refractivity contribution >= 4 is 5.91 Å². The third-order valence-corrected chi connectivity index (χ3v) is 2.36. The third-order valence-electron chi connectivity index (χ3n) is 2.36. The van der Waals surface area contributed by atoms with Gasteiger partial charge in [0.05, 0.1) is 17.7 Å². The molecule has 18 heavy (non-hydrogen) atoms. The van der Waals surface area contributed by atoms with Crippen molar-refractivity contribution in [2.24, 2.45) is 0 Å². The van der Waals surface area contributed by atoms with Crippen LogP contribution in [0.4, 0.5) is 13.2 Å². The summed E-state index contributed by atoms with van der Waals surface area (Å²) in [6, 6.07) is 5.79. The maximum absolute atomic E-state index is 12.3. The number of nitrogens with one attached hydrogen (secondary N) is 1. The molecule has 0 aliphatic rings. The lowest BCUT2D eigenvalue weighted by atomic mass is 10.1. The van der Waals surface area contributed by atoms with Crippen LogP contribution in [0.25, 0.3) is 0 Å². The highest BCUT2D eigenvalue weighted by atomic mass is 19.4. The van der Waals surface area contributed by atoms with Gasteiger partial charge in [-0.15, -0.1) is 0 Å². The summed E-state index contributed by atoms with van der Waals surface area (Å²) >= 11 is 0. The Morgan fingerprint density at radius 1 is 1.39 bits per heavy atom. The first kappa shape index (κ1) is 14.0. The Labute approximate surface area is 102 Å². The van der Waals surface area contributed by atoms with E-state index in [0.29, 0.717) is 5.56 Å². The lowest BCUT2D eigenvalue weighted by Gasteiger charge is -2.14. The second kappa shape index (κ2) is 5.54. The van der Waals surface area contributed by atoms with Gasteiger partial charge in [-0.25, -0.2) is 0 Å². The molecule has 1 amide bonds. The van der Waals surface area contributed by atoms with E-state index in [9.17, 15) is 18.0 Å². The van der Waals surface area contributed by atoms with Crippen molar-refractivity contribution in [2.45, 2.75) is 25.6 Å². The summed E-state index contributed by atoms with van der Waals surface area (Å²) in [7, 11) is 0. The molecule has 0 heterocycles. The van der Waals surface area contributed by atoms with Gasteiger partial charge < -0.3 is 5.32 Å². The minimum atomic E-state index is -4.37. The molecule has 0 spiro atoms. The van der Waals surface area contributed by atoms with Crippen LogP contribution in [-0.4, -0.2) is 5.91 Å². The Kier molecular flexibility index (Phi) is 4.32. The van der Waals surface area contributed by atoms with Crippen LogP contribution in [0, 0.1) is 11.3 Å². The zero-order valence-corrected chi connectivity index (χ0v) is 9.58. The molecule has 1 unspecified atom stereocenters. The molecule has 0 radical (unpaired) electrons. The lowest BCUT2D eigenvalue weighted by Crippen LogP contribution is -2.25. The van der Waals surface area contributed by atoms with E-state index in [-0.39, 0.29) is 6.42 Å². The Morgan fingerprint density at radius 2 is 1.94 bits per heavy atom. The van der Waals surface area contributed by atoms with Crippen molar-refractivity contribution in [1.29, 1.82) is 5.26 Å². The highest BCUT2D eigenvalue weighted by molar-refractivity contribution is 5.78. The number of halogens is 3. The second-order valence-corrected chi connectivity index (χ2v) is 3.74. The van der Waals surface area contributed by atoms with E-state index < -0.39 is 23.7 Å². The number of amides is 1. The first-order chi connectivity index (χ1) is 8.34. The molecule has 0 aliphatic carbocycles. The molecule has 1 atom stereocenters. The first-order valence-corrected chi connectivity index (χ1v) is 5.18. The Hall–Kier alpha value is -2.03. The topological polar surface area (TPSA) is 52.9 Å². The van der Waals surface area contributed by atoms with Crippen molar-refractivity contribution in [3.63, 3.8) is 0 Å². The highest BCUT2D eigenvalue weighted by Gasteiger charge is 2.30. The number of hydrogen-bond acceptors (Lipinski definition) is 2. The predicted molar refractivity (Wildman–Crippen MR) is 58.2 cm³/mol. The molecule has 0 fully saturated rings. The molecule has 0 aromatic heterocycles. The lowest BCUT2D eigenvalue weighted by molar-refractivity contribution is -0.137. The molecule has 0 saturated heterocycles. The van der Waals surface area contributed by atoms with Crippen molar-refractivity contribution in [2.75, 3.05) is 0 Å². The monoisotopic (exact) mass is 256 g/mol. The molecule has 1 aromatic rings. The van der Waals surface area contributed by atoms with E-state index >= 15 is 0 Å². The van der Waals surface area contributed by atoms with Gasteiger partial charge in [0.1, 0.15) is 6.42 Å². The highest BCUT2D eigenvalue weighted by Crippen LogP contribution is 2.29. The van der Waals surface area contributed by atoms with Crippen LogP contribution in [0.15, 0.2) is 24.3 Å². The van der Waals surface area contributed by atoms with E-state index in [2.05, 4.69) is 5.32 Å². The SMILES string of the molecule is CC(NC(=O)CC#N)c1ccc(C(F)(F)F)cc1. The van der Waals surface area contributed by atoms with E-state index in [4.69, 9.17) is 5.26 Å². The number of nitrogens with zero attached hydrogens (tertiary/aromatic N) is 1. The van der Waals surface area contributed by atoms with Gasteiger partial charge in [-0.05, 0) is 24.6 Å². The van der Waals surface area contributed by atoms with Crippen LogP contribution in [-0.2, 0) is 11.0 Å². The average molecular weight is 256 g/mol. The van der Waals surface area contributed by atoms with Crippen LogP contribution in [0.2, 0.25) is 0 Å². The minimum Gasteiger partial charge on any atom is -0.349 e. The fourth-order valence-corrected chi connectivity index (χ4v) is 1.41. The summed E-state index contributed by atoms with van der Waals surface area (Å²) in [4.78, 5) is 11.1. The van der Waals surface area contributed by atoms with Gasteiger partial charge >= 0.3 is 6.18 Å².